The molecule has 1 heterocycles. The molecule has 0 aliphatic carbocycles. The second-order valence-electron chi connectivity index (χ2n) is 1.71. The Morgan fingerprint density at radius 2 is 2.60 bits per heavy atom. The molecule has 0 aliphatic rings. The first-order valence-corrected chi connectivity index (χ1v) is 4.40. The molecule has 0 fully saturated rings. The van der Waals surface area contributed by atoms with Crippen LogP contribution in [0.15, 0.2) is 10.6 Å². The van der Waals surface area contributed by atoms with Crippen molar-refractivity contribution in [3.8, 4) is 0 Å². The van der Waals surface area contributed by atoms with Crippen molar-refractivity contribution in [2.24, 2.45) is 0 Å². The van der Waals surface area contributed by atoms with Gasteiger partial charge in [0.25, 0.3) is 5.12 Å². The van der Waals surface area contributed by atoms with Gasteiger partial charge in [0, 0.05) is 6.07 Å². The predicted molar refractivity (Wildman–Crippen MR) is 42.1 cm³/mol. The molecule has 0 bridgehead atoms. The number of hydrogen-bond acceptors (Lipinski definition) is 5. The highest BCUT2D eigenvalue weighted by Crippen LogP contribution is 2.15. The molecule has 3 nitrogen and oxygen atoms in total. The molecule has 0 radical (unpaired) electrons. The van der Waals surface area contributed by atoms with E-state index in [4.69, 9.17) is 0 Å². The van der Waals surface area contributed by atoms with E-state index < -0.39 is 0 Å². The molecule has 0 unspecified atom stereocenters. The SMILES string of the molecule is Cc1cc(C(=O)SS)on1. The van der Waals surface area contributed by atoms with E-state index >= 15 is 0 Å². The number of rotatable bonds is 1. The van der Waals surface area contributed by atoms with Gasteiger partial charge in [-0.3, -0.25) is 4.79 Å². The van der Waals surface area contributed by atoms with Gasteiger partial charge in [-0.25, -0.2) is 0 Å². The highest BCUT2D eigenvalue weighted by atomic mass is 33.1. The van der Waals surface area contributed by atoms with E-state index in [-0.39, 0.29) is 10.9 Å². The summed E-state index contributed by atoms with van der Waals surface area (Å²) >= 11 is 3.72. The molecule has 1 aromatic rings. The second-order valence-corrected chi connectivity index (χ2v) is 2.81. The third kappa shape index (κ3) is 1.54. The van der Waals surface area contributed by atoms with Crippen LogP contribution in [-0.4, -0.2) is 10.3 Å². The Labute approximate surface area is 67.0 Å². The first-order chi connectivity index (χ1) is 4.74. The zero-order chi connectivity index (χ0) is 7.56. The molecule has 0 spiro atoms. The predicted octanol–water partition coefficient (Wildman–Crippen LogP) is 1.70. The summed E-state index contributed by atoms with van der Waals surface area (Å²) in [6.07, 6.45) is 0. The van der Waals surface area contributed by atoms with Crippen molar-refractivity contribution in [3.05, 3.63) is 17.5 Å². The van der Waals surface area contributed by atoms with E-state index in [0.29, 0.717) is 5.69 Å². The Kier molecular flexibility index (Phi) is 2.39. The Balaban J connectivity index is 2.85. The second kappa shape index (κ2) is 3.12. The molecule has 0 atom stereocenters. The van der Waals surface area contributed by atoms with E-state index in [9.17, 15) is 4.79 Å². The Bertz CT molecular complexity index is 246. The van der Waals surface area contributed by atoms with Gasteiger partial charge >= 0.3 is 0 Å². The molecule has 1 aromatic heterocycles. The van der Waals surface area contributed by atoms with Gasteiger partial charge in [-0.2, -0.15) is 0 Å². The van der Waals surface area contributed by atoms with Gasteiger partial charge < -0.3 is 4.52 Å². The van der Waals surface area contributed by atoms with Crippen molar-refractivity contribution >= 4 is 27.6 Å². The Morgan fingerprint density at radius 3 is 3.00 bits per heavy atom. The van der Waals surface area contributed by atoms with Gasteiger partial charge in [0.05, 0.1) is 5.69 Å². The lowest BCUT2D eigenvalue weighted by atomic mass is 10.4. The molecule has 0 N–H and O–H groups in total. The summed E-state index contributed by atoms with van der Waals surface area (Å²) in [5.74, 6) is 0.248. The smallest absolute Gasteiger partial charge is 0.267 e. The molecule has 0 saturated heterocycles. The molecule has 0 saturated carbocycles. The lowest BCUT2D eigenvalue weighted by Crippen LogP contribution is -1.84. The quantitative estimate of drug-likeness (QED) is 0.521. The fraction of sp³-hybridized carbons (Fsp3) is 0.200. The van der Waals surface area contributed by atoms with Crippen molar-refractivity contribution in [1.82, 2.24) is 5.16 Å². The third-order valence-corrected chi connectivity index (χ3v) is 1.78. The monoisotopic (exact) mass is 175 g/mol. The minimum absolute atomic E-state index is 0.219. The number of aryl methyl sites for hydroxylation is 1. The lowest BCUT2D eigenvalue weighted by molar-refractivity contribution is 0.105. The molecular formula is C5H5NO2S2. The zero-order valence-corrected chi connectivity index (χ0v) is 6.91. The van der Waals surface area contributed by atoms with E-state index in [0.717, 1.165) is 10.8 Å². The number of thiol groups is 1. The van der Waals surface area contributed by atoms with Crippen LogP contribution in [-0.2, 0) is 0 Å². The molecule has 1 rings (SSSR count). The zero-order valence-electron chi connectivity index (χ0n) is 5.20. The van der Waals surface area contributed by atoms with Crippen LogP contribution in [0.5, 0.6) is 0 Å². The Hall–Kier alpha value is -0.420. The molecule has 54 valence electrons. The van der Waals surface area contributed by atoms with Crippen molar-refractivity contribution < 1.29 is 9.32 Å². The average Bonchev–Trinajstić information content (AvgIpc) is 2.34. The Morgan fingerprint density at radius 1 is 1.90 bits per heavy atom. The van der Waals surface area contributed by atoms with Crippen LogP contribution in [0.1, 0.15) is 16.2 Å². The number of hydrogen-bond donors (Lipinski definition) is 1. The molecule has 0 amide bonds. The molecular weight excluding hydrogens is 170 g/mol. The largest absolute Gasteiger partial charge is 0.352 e. The molecule has 10 heavy (non-hydrogen) atoms. The summed E-state index contributed by atoms with van der Waals surface area (Å²) in [5, 5.41) is 3.32. The van der Waals surface area contributed by atoms with Crippen molar-refractivity contribution in [1.29, 1.82) is 0 Å². The van der Waals surface area contributed by atoms with Crippen molar-refractivity contribution in [2.45, 2.75) is 6.92 Å². The van der Waals surface area contributed by atoms with Gasteiger partial charge in [-0.05, 0) is 17.7 Å². The summed E-state index contributed by atoms with van der Waals surface area (Å²) in [7, 11) is 0.813. The third-order valence-electron chi connectivity index (χ3n) is 0.912. The number of aromatic nitrogens is 1. The minimum Gasteiger partial charge on any atom is -0.352 e. The van der Waals surface area contributed by atoms with E-state index in [1.165, 1.54) is 0 Å². The van der Waals surface area contributed by atoms with Crippen LogP contribution in [0.25, 0.3) is 0 Å². The topological polar surface area (TPSA) is 43.1 Å². The van der Waals surface area contributed by atoms with Gasteiger partial charge in [-0.15, -0.1) is 11.7 Å². The summed E-state index contributed by atoms with van der Waals surface area (Å²) in [5.41, 5.74) is 0.700. The van der Waals surface area contributed by atoms with Crippen molar-refractivity contribution in [2.75, 3.05) is 0 Å². The number of carbonyl (C=O) groups is 1. The average molecular weight is 175 g/mol. The van der Waals surface area contributed by atoms with Crippen LogP contribution in [0, 0.1) is 6.92 Å². The standard InChI is InChI=1S/C5H5NO2S2/c1-3-2-4(8-6-3)5(7)10-9/h2,9H,1H3. The van der Waals surface area contributed by atoms with Crippen LogP contribution in [0.3, 0.4) is 0 Å². The number of carbonyl (C=O) groups excluding carboxylic acids is 1. The summed E-state index contributed by atoms with van der Waals surface area (Å²) in [6, 6.07) is 1.57. The fourth-order valence-corrected chi connectivity index (χ4v) is 0.961. The van der Waals surface area contributed by atoms with Crippen LogP contribution in [0.4, 0.5) is 0 Å². The van der Waals surface area contributed by atoms with Crippen molar-refractivity contribution in [3.63, 3.8) is 0 Å². The van der Waals surface area contributed by atoms with Gasteiger partial charge in [-0.1, -0.05) is 5.16 Å². The maximum atomic E-state index is 10.8. The number of nitrogens with zero attached hydrogens (tertiary/aromatic N) is 1. The van der Waals surface area contributed by atoms with E-state index in [1.54, 1.807) is 13.0 Å². The molecule has 0 aliphatic heterocycles. The van der Waals surface area contributed by atoms with Crippen LogP contribution < -0.4 is 0 Å². The summed E-state index contributed by atoms with van der Waals surface area (Å²) < 4.78 is 4.65. The highest BCUT2D eigenvalue weighted by Gasteiger charge is 2.09. The molecule has 5 heteroatoms. The van der Waals surface area contributed by atoms with Crippen LogP contribution in [0.2, 0.25) is 0 Å². The van der Waals surface area contributed by atoms with E-state index in [1.807, 2.05) is 0 Å². The summed E-state index contributed by atoms with van der Waals surface area (Å²) in [4.78, 5) is 10.8. The molecule has 0 aromatic carbocycles. The first kappa shape index (κ1) is 7.68. The first-order valence-electron chi connectivity index (χ1n) is 2.53. The maximum Gasteiger partial charge on any atom is 0.267 e. The van der Waals surface area contributed by atoms with Gasteiger partial charge in [0.1, 0.15) is 0 Å². The summed E-state index contributed by atoms with van der Waals surface area (Å²) in [6.45, 7) is 1.75. The maximum absolute atomic E-state index is 10.8. The fourth-order valence-electron chi connectivity index (χ4n) is 0.505. The lowest BCUT2D eigenvalue weighted by Gasteiger charge is -1.82. The van der Waals surface area contributed by atoms with Crippen LogP contribution >= 0.6 is 22.5 Å². The minimum atomic E-state index is -0.219. The van der Waals surface area contributed by atoms with Gasteiger partial charge in [0.15, 0.2) is 0 Å². The normalized spacial score (nSPS) is 9.80. The van der Waals surface area contributed by atoms with Gasteiger partial charge in [0.2, 0.25) is 5.76 Å². The highest BCUT2D eigenvalue weighted by molar-refractivity contribution is 8.75. The van der Waals surface area contributed by atoms with E-state index in [2.05, 4.69) is 21.3 Å².